The van der Waals surface area contributed by atoms with Crippen molar-refractivity contribution in [1.82, 2.24) is 0 Å². The number of amides is 2. The molecule has 2 aromatic rings. The fourth-order valence-electron chi connectivity index (χ4n) is 2.14. The molecule has 0 fully saturated rings. The van der Waals surface area contributed by atoms with Crippen LogP contribution in [0.5, 0.6) is 0 Å². The normalized spacial score (nSPS) is 11.0. The van der Waals surface area contributed by atoms with E-state index in [0.29, 0.717) is 22.7 Å². The summed E-state index contributed by atoms with van der Waals surface area (Å²) in [5.41, 5.74) is -1.75. The van der Waals surface area contributed by atoms with E-state index in [1.165, 1.54) is 6.92 Å². The topological polar surface area (TPSA) is 101 Å². The first-order valence-corrected chi connectivity index (χ1v) is 8.71. The lowest BCUT2D eigenvalue weighted by Gasteiger charge is -2.10. The summed E-state index contributed by atoms with van der Waals surface area (Å²) in [6.45, 7) is 1.37. The zero-order valence-electron chi connectivity index (χ0n) is 14.4. The maximum atomic E-state index is 12.7. The Morgan fingerprint density at radius 2 is 1.75 bits per heavy atom. The lowest BCUT2D eigenvalue weighted by molar-refractivity contribution is -0.384. The van der Waals surface area contributed by atoms with E-state index >= 15 is 0 Å². The van der Waals surface area contributed by atoms with Crippen LogP contribution >= 0.6 is 11.8 Å². The van der Waals surface area contributed by atoms with E-state index in [1.807, 2.05) is 0 Å². The number of carbonyl (C=O) groups is 2. The Balaban J connectivity index is 2.02. The van der Waals surface area contributed by atoms with Gasteiger partial charge in [0.05, 0.1) is 16.2 Å². The molecule has 0 saturated carbocycles. The van der Waals surface area contributed by atoms with Crippen LogP contribution in [0, 0.1) is 10.1 Å². The number of rotatable bonds is 6. The number of nitro benzene ring substituents is 1. The summed E-state index contributed by atoms with van der Waals surface area (Å²) in [5, 5.41) is 15.9. The Bertz CT molecular complexity index is 902. The molecule has 0 radical (unpaired) electrons. The Hall–Kier alpha value is -3.08. The lowest BCUT2D eigenvalue weighted by Crippen LogP contribution is -2.16. The number of hydrogen-bond acceptors (Lipinski definition) is 5. The molecule has 11 heteroatoms. The van der Waals surface area contributed by atoms with Crippen LogP contribution in [0.1, 0.15) is 12.5 Å². The van der Waals surface area contributed by atoms with Crippen molar-refractivity contribution in [2.24, 2.45) is 0 Å². The predicted molar refractivity (Wildman–Crippen MR) is 98.2 cm³/mol. The van der Waals surface area contributed by atoms with Crippen LogP contribution in [-0.2, 0) is 15.8 Å². The van der Waals surface area contributed by atoms with E-state index in [-0.39, 0.29) is 17.3 Å². The molecule has 0 saturated heterocycles. The van der Waals surface area contributed by atoms with Crippen LogP contribution < -0.4 is 10.6 Å². The van der Waals surface area contributed by atoms with Gasteiger partial charge in [-0.3, -0.25) is 19.7 Å². The minimum atomic E-state index is -4.73. The largest absolute Gasteiger partial charge is 0.416 e. The quantitative estimate of drug-likeness (QED) is 0.418. The van der Waals surface area contributed by atoms with Gasteiger partial charge in [-0.2, -0.15) is 13.2 Å². The van der Waals surface area contributed by atoms with Gasteiger partial charge in [-0.25, -0.2) is 0 Å². The molecular formula is C17H14F3N3O4S. The molecule has 0 aliphatic carbocycles. The monoisotopic (exact) mass is 413 g/mol. The third kappa shape index (κ3) is 5.98. The SMILES string of the molecule is CC(=O)Nc1ccc(SCC(=O)Nc2ccc(C(F)(F)F)cc2[N+](=O)[O-])cc1. The van der Waals surface area contributed by atoms with Crippen LogP contribution in [-0.4, -0.2) is 22.5 Å². The average Bonchev–Trinajstić information content (AvgIpc) is 2.60. The molecule has 0 aliphatic rings. The van der Waals surface area contributed by atoms with Gasteiger partial charge in [0.1, 0.15) is 5.69 Å². The molecule has 0 aliphatic heterocycles. The smallest absolute Gasteiger partial charge is 0.326 e. The van der Waals surface area contributed by atoms with E-state index in [2.05, 4.69) is 10.6 Å². The molecule has 0 aromatic heterocycles. The fourth-order valence-corrected chi connectivity index (χ4v) is 2.84. The minimum Gasteiger partial charge on any atom is -0.326 e. The van der Waals surface area contributed by atoms with Crippen LogP contribution in [0.3, 0.4) is 0 Å². The van der Waals surface area contributed by atoms with Crippen molar-refractivity contribution in [1.29, 1.82) is 0 Å². The highest BCUT2D eigenvalue weighted by atomic mass is 32.2. The Labute approximate surface area is 161 Å². The van der Waals surface area contributed by atoms with Gasteiger partial charge in [0.15, 0.2) is 0 Å². The molecule has 0 spiro atoms. The number of nitro groups is 1. The number of carbonyl (C=O) groups excluding carboxylic acids is 2. The fraction of sp³-hybridized carbons (Fsp3) is 0.176. The van der Waals surface area contributed by atoms with Gasteiger partial charge in [0.2, 0.25) is 11.8 Å². The van der Waals surface area contributed by atoms with E-state index in [0.717, 1.165) is 17.8 Å². The Morgan fingerprint density at radius 1 is 1.11 bits per heavy atom. The second kappa shape index (κ2) is 8.74. The summed E-state index contributed by atoms with van der Waals surface area (Å²) in [6, 6.07) is 8.52. The maximum absolute atomic E-state index is 12.7. The van der Waals surface area contributed by atoms with Crippen molar-refractivity contribution in [3.63, 3.8) is 0 Å². The third-order valence-electron chi connectivity index (χ3n) is 3.34. The van der Waals surface area contributed by atoms with Gasteiger partial charge >= 0.3 is 6.18 Å². The minimum absolute atomic E-state index is 0.113. The highest BCUT2D eigenvalue weighted by molar-refractivity contribution is 8.00. The molecule has 0 bridgehead atoms. The molecule has 28 heavy (non-hydrogen) atoms. The number of nitrogens with one attached hydrogen (secondary N) is 2. The van der Waals surface area contributed by atoms with Crippen LogP contribution in [0.25, 0.3) is 0 Å². The number of nitrogens with zero attached hydrogens (tertiary/aromatic N) is 1. The first kappa shape index (κ1) is 21.2. The summed E-state index contributed by atoms with van der Waals surface area (Å²) < 4.78 is 38.1. The molecule has 0 unspecified atom stereocenters. The first-order valence-electron chi connectivity index (χ1n) is 7.72. The number of thioether (sulfide) groups is 1. The number of anilines is 2. The molecule has 7 nitrogen and oxygen atoms in total. The van der Waals surface area contributed by atoms with E-state index < -0.39 is 28.3 Å². The van der Waals surface area contributed by atoms with Crippen molar-refractivity contribution in [3.05, 3.63) is 58.1 Å². The Morgan fingerprint density at radius 3 is 2.29 bits per heavy atom. The molecule has 2 rings (SSSR count). The molecule has 2 N–H and O–H groups in total. The second-order valence-electron chi connectivity index (χ2n) is 5.53. The maximum Gasteiger partial charge on any atom is 0.416 e. The van der Waals surface area contributed by atoms with Gasteiger partial charge in [-0.15, -0.1) is 11.8 Å². The van der Waals surface area contributed by atoms with E-state index in [4.69, 9.17) is 0 Å². The molecule has 0 heterocycles. The van der Waals surface area contributed by atoms with Gasteiger partial charge in [-0.1, -0.05) is 0 Å². The highest BCUT2D eigenvalue weighted by Crippen LogP contribution is 2.35. The standard InChI is InChI=1S/C17H14F3N3O4S/c1-10(24)21-12-3-5-13(6-4-12)28-9-16(25)22-14-7-2-11(17(18,19)20)8-15(14)23(26)27/h2-8H,9H2,1H3,(H,21,24)(H,22,25). The van der Waals surface area contributed by atoms with Crippen molar-refractivity contribution >= 4 is 40.6 Å². The van der Waals surface area contributed by atoms with Gasteiger partial charge in [0, 0.05) is 23.6 Å². The van der Waals surface area contributed by atoms with Crippen molar-refractivity contribution in [3.8, 4) is 0 Å². The summed E-state index contributed by atoms with van der Waals surface area (Å²) in [4.78, 5) is 33.7. The summed E-state index contributed by atoms with van der Waals surface area (Å²) in [7, 11) is 0. The van der Waals surface area contributed by atoms with Gasteiger partial charge < -0.3 is 10.6 Å². The van der Waals surface area contributed by atoms with Crippen molar-refractivity contribution in [2.45, 2.75) is 18.0 Å². The van der Waals surface area contributed by atoms with Crippen molar-refractivity contribution < 1.29 is 27.7 Å². The molecular weight excluding hydrogens is 399 g/mol. The molecule has 2 amide bonds. The molecule has 0 atom stereocenters. The summed E-state index contributed by atoms with van der Waals surface area (Å²) >= 11 is 1.12. The van der Waals surface area contributed by atoms with Crippen LogP contribution in [0.2, 0.25) is 0 Å². The zero-order chi connectivity index (χ0) is 20.9. The summed E-state index contributed by atoms with van der Waals surface area (Å²) in [5.74, 6) is -0.950. The number of alkyl halides is 3. The van der Waals surface area contributed by atoms with Gasteiger partial charge in [0.25, 0.3) is 5.69 Å². The summed E-state index contributed by atoms with van der Waals surface area (Å²) in [6.07, 6.45) is -4.73. The zero-order valence-corrected chi connectivity index (χ0v) is 15.2. The number of hydrogen-bond donors (Lipinski definition) is 2. The predicted octanol–water partition coefficient (Wildman–Crippen LogP) is 4.30. The molecule has 148 valence electrons. The third-order valence-corrected chi connectivity index (χ3v) is 4.35. The lowest BCUT2D eigenvalue weighted by atomic mass is 10.1. The number of halogens is 3. The highest BCUT2D eigenvalue weighted by Gasteiger charge is 2.33. The van der Waals surface area contributed by atoms with Gasteiger partial charge in [-0.05, 0) is 36.4 Å². The second-order valence-corrected chi connectivity index (χ2v) is 6.58. The van der Waals surface area contributed by atoms with E-state index in [9.17, 15) is 32.9 Å². The van der Waals surface area contributed by atoms with Crippen LogP contribution in [0.15, 0.2) is 47.4 Å². The van der Waals surface area contributed by atoms with Crippen LogP contribution in [0.4, 0.5) is 30.2 Å². The Kier molecular flexibility index (Phi) is 6.62. The van der Waals surface area contributed by atoms with Crippen molar-refractivity contribution in [2.75, 3.05) is 16.4 Å². The number of benzene rings is 2. The average molecular weight is 413 g/mol. The molecule has 2 aromatic carbocycles. The van der Waals surface area contributed by atoms with E-state index in [1.54, 1.807) is 24.3 Å². The first-order chi connectivity index (χ1) is 13.1.